The van der Waals surface area contributed by atoms with Gasteiger partial charge in [-0.25, -0.2) is 4.40 Å². The van der Waals surface area contributed by atoms with E-state index < -0.39 is 0 Å². The van der Waals surface area contributed by atoms with E-state index >= 15 is 0 Å². The fourth-order valence-corrected chi connectivity index (χ4v) is 1.09. The summed E-state index contributed by atoms with van der Waals surface area (Å²) < 4.78 is 6.71. The third kappa shape index (κ3) is 0.795. The first-order valence-corrected chi connectivity index (χ1v) is 3.46. The molecular weight excluding hydrogens is 156 g/mol. The summed E-state index contributed by atoms with van der Waals surface area (Å²) in [4.78, 5) is 0. The molecule has 2 rings (SSSR count). The monoisotopic (exact) mass is 164 g/mol. The van der Waals surface area contributed by atoms with Crippen molar-refractivity contribution in [3.8, 4) is 5.88 Å². The van der Waals surface area contributed by atoms with E-state index in [0.29, 0.717) is 17.5 Å². The molecule has 0 aromatic carbocycles. The van der Waals surface area contributed by atoms with Crippen molar-refractivity contribution < 1.29 is 4.74 Å². The summed E-state index contributed by atoms with van der Waals surface area (Å²) in [6.07, 6.45) is 0. The SMILES string of the molecule is COc1cccc2nnc(N)n12. The molecule has 62 valence electrons. The Morgan fingerprint density at radius 1 is 1.42 bits per heavy atom. The number of hydrogen-bond donors (Lipinski definition) is 1. The highest BCUT2D eigenvalue weighted by molar-refractivity contribution is 5.46. The van der Waals surface area contributed by atoms with Crippen molar-refractivity contribution in [2.45, 2.75) is 0 Å². The van der Waals surface area contributed by atoms with Crippen molar-refractivity contribution in [1.82, 2.24) is 14.6 Å². The molecule has 2 heterocycles. The van der Waals surface area contributed by atoms with Crippen LogP contribution >= 0.6 is 0 Å². The fraction of sp³-hybridized carbons (Fsp3) is 0.143. The van der Waals surface area contributed by atoms with Gasteiger partial charge >= 0.3 is 0 Å². The Balaban J connectivity index is 2.84. The maximum Gasteiger partial charge on any atom is 0.229 e. The van der Waals surface area contributed by atoms with E-state index in [0.717, 1.165) is 0 Å². The van der Waals surface area contributed by atoms with Crippen LogP contribution in [0.3, 0.4) is 0 Å². The molecule has 2 aromatic heterocycles. The number of nitrogen functional groups attached to an aromatic ring is 1. The minimum Gasteiger partial charge on any atom is -0.482 e. The van der Waals surface area contributed by atoms with E-state index in [9.17, 15) is 0 Å². The van der Waals surface area contributed by atoms with E-state index in [1.165, 1.54) is 0 Å². The van der Waals surface area contributed by atoms with Gasteiger partial charge in [0.1, 0.15) is 0 Å². The molecule has 0 saturated heterocycles. The van der Waals surface area contributed by atoms with Gasteiger partial charge in [-0.05, 0) is 12.1 Å². The molecule has 2 aromatic rings. The van der Waals surface area contributed by atoms with E-state index in [1.54, 1.807) is 17.6 Å². The van der Waals surface area contributed by atoms with Crippen molar-refractivity contribution in [2.75, 3.05) is 12.8 Å². The summed E-state index contributed by atoms with van der Waals surface area (Å²) in [6, 6.07) is 5.45. The Hall–Kier alpha value is -1.78. The highest BCUT2D eigenvalue weighted by Crippen LogP contribution is 2.15. The van der Waals surface area contributed by atoms with E-state index in [2.05, 4.69) is 10.2 Å². The Labute approximate surface area is 68.8 Å². The standard InChI is InChI=1S/C7H8N4O/c1-12-6-4-2-3-5-9-10-7(8)11(5)6/h2-4H,1H3,(H2,8,10). The zero-order valence-corrected chi connectivity index (χ0v) is 6.56. The molecule has 0 aliphatic rings. The number of pyridine rings is 1. The summed E-state index contributed by atoms with van der Waals surface area (Å²) in [5.41, 5.74) is 6.25. The molecule has 0 spiro atoms. The number of hydrogen-bond acceptors (Lipinski definition) is 4. The van der Waals surface area contributed by atoms with Crippen LogP contribution in [0.5, 0.6) is 5.88 Å². The molecule has 0 bridgehead atoms. The topological polar surface area (TPSA) is 65.4 Å². The zero-order chi connectivity index (χ0) is 8.55. The van der Waals surface area contributed by atoms with Gasteiger partial charge in [-0.1, -0.05) is 6.07 Å². The lowest BCUT2D eigenvalue weighted by Crippen LogP contribution is -1.98. The lowest BCUT2D eigenvalue weighted by molar-refractivity contribution is 0.393. The highest BCUT2D eigenvalue weighted by Gasteiger charge is 2.04. The minimum absolute atomic E-state index is 0.336. The quantitative estimate of drug-likeness (QED) is 0.659. The van der Waals surface area contributed by atoms with Crippen molar-refractivity contribution in [1.29, 1.82) is 0 Å². The van der Waals surface area contributed by atoms with Crippen LogP contribution in [0.2, 0.25) is 0 Å². The number of methoxy groups -OCH3 is 1. The van der Waals surface area contributed by atoms with Gasteiger partial charge in [-0.15, -0.1) is 10.2 Å². The molecule has 0 unspecified atom stereocenters. The van der Waals surface area contributed by atoms with Crippen LogP contribution in [-0.2, 0) is 0 Å². The summed E-state index contributed by atoms with van der Waals surface area (Å²) in [5, 5.41) is 7.55. The second kappa shape index (κ2) is 2.37. The Morgan fingerprint density at radius 2 is 2.25 bits per heavy atom. The largest absolute Gasteiger partial charge is 0.482 e. The molecule has 12 heavy (non-hydrogen) atoms. The van der Waals surface area contributed by atoms with E-state index in [1.807, 2.05) is 12.1 Å². The number of nitrogens with zero attached hydrogens (tertiary/aromatic N) is 3. The highest BCUT2D eigenvalue weighted by atomic mass is 16.5. The van der Waals surface area contributed by atoms with Gasteiger partial charge in [0.05, 0.1) is 7.11 Å². The molecule has 0 aliphatic heterocycles. The molecule has 0 saturated carbocycles. The minimum atomic E-state index is 0.336. The van der Waals surface area contributed by atoms with Crippen LogP contribution in [0.1, 0.15) is 0 Å². The average Bonchev–Trinajstić information content (AvgIpc) is 2.48. The Bertz CT molecular complexity index is 409. The predicted molar refractivity (Wildman–Crippen MR) is 44.0 cm³/mol. The first kappa shape index (κ1) is 6.90. The normalized spacial score (nSPS) is 10.4. The van der Waals surface area contributed by atoms with Gasteiger partial charge in [0.25, 0.3) is 0 Å². The van der Waals surface area contributed by atoms with Gasteiger partial charge in [0, 0.05) is 0 Å². The van der Waals surface area contributed by atoms with Gasteiger partial charge in [-0.3, -0.25) is 0 Å². The Morgan fingerprint density at radius 3 is 3.00 bits per heavy atom. The summed E-state index contributed by atoms with van der Waals surface area (Å²) in [7, 11) is 1.58. The van der Waals surface area contributed by atoms with Gasteiger partial charge in [0.15, 0.2) is 5.65 Å². The summed E-state index contributed by atoms with van der Waals surface area (Å²) >= 11 is 0. The van der Waals surface area contributed by atoms with Crippen molar-refractivity contribution in [3.05, 3.63) is 18.2 Å². The first-order chi connectivity index (χ1) is 5.83. The van der Waals surface area contributed by atoms with Crippen molar-refractivity contribution >= 4 is 11.6 Å². The number of ether oxygens (including phenoxy) is 1. The van der Waals surface area contributed by atoms with Crippen molar-refractivity contribution in [2.24, 2.45) is 0 Å². The molecule has 0 radical (unpaired) electrons. The van der Waals surface area contributed by atoms with Crippen LogP contribution in [0.25, 0.3) is 5.65 Å². The van der Waals surface area contributed by atoms with E-state index in [4.69, 9.17) is 10.5 Å². The maximum absolute atomic E-state index is 5.56. The molecule has 0 aliphatic carbocycles. The van der Waals surface area contributed by atoms with Gasteiger partial charge in [-0.2, -0.15) is 0 Å². The summed E-state index contributed by atoms with van der Waals surface area (Å²) in [6.45, 7) is 0. The predicted octanol–water partition coefficient (Wildman–Crippen LogP) is 0.320. The van der Waals surface area contributed by atoms with Crippen LogP contribution in [0.4, 0.5) is 5.95 Å². The molecular formula is C7H8N4O. The molecule has 0 atom stereocenters. The lowest BCUT2D eigenvalue weighted by Gasteiger charge is -2.02. The van der Waals surface area contributed by atoms with Gasteiger partial charge < -0.3 is 10.5 Å². The van der Waals surface area contributed by atoms with Crippen LogP contribution in [0.15, 0.2) is 18.2 Å². The number of aromatic nitrogens is 3. The second-order valence-electron chi connectivity index (χ2n) is 2.32. The summed E-state index contributed by atoms with van der Waals surface area (Å²) in [5.74, 6) is 0.970. The molecule has 2 N–H and O–H groups in total. The van der Waals surface area contributed by atoms with Crippen LogP contribution in [-0.4, -0.2) is 21.7 Å². The molecule has 0 fully saturated rings. The number of nitrogens with two attached hydrogens (primary N) is 1. The fourth-order valence-electron chi connectivity index (χ4n) is 1.09. The third-order valence-corrected chi connectivity index (χ3v) is 1.63. The molecule has 5 heteroatoms. The first-order valence-electron chi connectivity index (χ1n) is 3.46. The second-order valence-corrected chi connectivity index (χ2v) is 2.32. The number of rotatable bonds is 1. The smallest absolute Gasteiger partial charge is 0.229 e. The maximum atomic E-state index is 5.56. The number of fused-ring (bicyclic) bond motifs is 1. The lowest BCUT2D eigenvalue weighted by atomic mass is 10.4. The molecule has 5 nitrogen and oxygen atoms in total. The average molecular weight is 164 g/mol. The van der Waals surface area contributed by atoms with E-state index in [-0.39, 0.29) is 0 Å². The third-order valence-electron chi connectivity index (χ3n) is 1.63. The van der Waals surface area contributed by atoms with Crippen LogP contribution < -0.4 is 10.5 Å². The zero-order valence-electron chi connectivity index (χ0n) is 6.56. The number of anilines is 1. The Kier molecular flexibility index (Phi) is 1.36. The van der Waals surface area contributed by atoms with Crippen molar-refractivity contribution in [3.63, 3.8) is 0 Å². The van der Waals surface area contributed by atoms with Gasteiger partial charge in [0.2, 0.25) is 11.8 Å². The molecule has 0 amide bonds. The van der Waals surface area contributed by atoms with Crippen LogP contribution in [0, 0.1) is 0 Å².